The van der Waals surface area contributed by atoms with Gasteiger partial charge in [-0.3, -0.25) is 4.79 Å². The van der Waals surface area contributed by atoms with Gasteiger partial charge in [-0.2, -0.15) is 0 Å². The highest BCUT2D eigenvalue weighted by molar-refractivity contribution is 5.84. The van der Waals surface area contributed by atoms with Gasteiger partial charge < -0.3 is 25.6 Å². The lowest BCUT2D eigenvalue weighted by Gasteiger charge is -2.12. The Labute approximate surface area is 120 Å². The monoisotopic (exact) mass is 295 g/mol. The van der Waals surface area contributed by atoms with Crippen molar-refractivity contribution in [3.05, 3.63) is 18.2 Å². The van der Waals surface area contributed by atoms with E-state index in [1.807, 2.05) is 0 Å². The zero-order valence-electron chi connectivity index (χ0n) is 11.3. The van der Waals surface area contributed by atoms with Crippen molar-refractivity contribution in [2.45, 2.75) is 25.4 Å². The van der Waals surface area contributed by atoms with Crippen molar-refractivity contribution in [1.82, 2.24) is 25.5 Å². The first-order valence-corrected chi connectivity index (χ1v) is 6.60. The minimum absolute atomic E-state index is 0.00461. The molecule has 21 heavy (non-hydrogen) atoms. The maximum atomic E-state index is 11.5. The quantitative estimate of drug-likeness (QED) is 0.544. The first-order chi connectivity index (χ1) is 10.0. The maximum absolute atomic E-state index is 11.5. The molecule has 1 aromatic heterocycles. The van der Waals surface area contributed by atoms with E-state index in [9.17, 15) is 14.4 Å². The first kappa shape index (κ1) is 14.8. The Hall–Kier alpha value is -2.58. The molecule has 114 valence electrons. The number of aromatic nitrogens is 2. The predicted molar refractivity (Wildman–Crippen MR) is 71.8 cm³/mol. The largest absolute Gasteiger partial charge is 0.476 e. The minimum Gasteiger partial charge on any atom is -0.476 e. The van der Waals surface area contributed by atoms with Crippen LogP contribution in [0.15, 0.2) is 12.5 Å². The highest BCUT2D eigenvalue weighted by Crippen LogP contribution is 2.04. The molecule has 0 aromatic carbocycles. The molecular weight excluding hydrogens is 278 g/mol. The Morgan fingerprint density at radius 2 is 2.29 bits per heavy atom. The number of carboxylic acids is 1. The summed E-state index contributed by atoms with van der Waals surface area (Å²) in [6.45, 7) is 1.16. The van der Waals surface area contributed by atoms with Gasteiger partial charge in [0.15, 0.2) is 5.69 Å². The smallest absolute Gasteiger partial charge is 0.356 e. The van der Waals surface area contributed by atoms with Gasteiger partial charge in [0.2, 0.25) is 5.91 Å². The topological polar surface area (TPSA) is 125 Å². The Morgan fingerprint density at radius 1 is 1.48 bits per heavy atom. The molecule has 0 aliphatic carbocycles. The van der Waals surface area contributed by atoms with Crippen molar-refractivity contribution >= 4 is 17.9 Å². The molecule has 1 saturated heterocycles. The summed E-state index contributed by atoms with van der Waals surface area (Å²) in [4.78, 5) is 36.9. The molecule has 1 unspecified atom stereocenters. The van der Waals surface area contributed by atoms with Gasteiger partial charge >= 0.3 is 12.0 Å². The van der Waals surface area contributed by atoms with Crippen LogP contribution >= 0.6 is 0 Å². The molecule has 1 aliphatic rings. The van der Waals surface area contributed by atoms with Gasteiger partial charge in [0, 0.05) is 38.3 Å². The molecule has 9 nitrogen and oxygen atoms in total. The molecule has 1 aromatic rings. The van der Waals surface area contributed by atoms with E-state index in [0.717, 1.165) is 6.42 Å². The molecule has 0 radical (unpaired) electrons. The second-order valence-corrected chi connectivity index (χ2v) is 4.74. The number of carbonyl (C=O) groups excluding carboxylic acids is 2. The van der Waals surface area contributed by atoms with Crippen molar-refractivity contribution < 1.29 is 19.5 Å². The molecule has 3 amide bonds. The summed E-state index contributed by atoms with van der Waals surface area (Å²) in [7, 11) is 0. The number of nitrogens with zero attached hydrogens (tertiary/aromatic N) is 2. The first-order valence-electron chi connectivity index (χ1n) is 6.60. The summed E-state index contributed by atoms with van der Waals surface area (Å²) >= 11 is 0. The Kier molecular flexibility index (Phi) is 4.75. The van der Waals surface area contributed by atoms with Crippen LogP contribution in [0.2, 0.25) is 0 Å². The van der Waals surface area contributed by atoms with Crippen LogP contribution in [0.5, 0.6) is 0 Å². The number of rotatable bonds is 6. The average Bonchev–Trinajstić information content (AvgIpc) is 3.05. The molecule has 0 spiro atoms. The third-order valence-corrected chi connectivity index (χ3v) is 3.10. The van der Waals surface area contributed by atoms with Crippen molar-refractivity contribution in [3.8, 4) is 0 Å². The Bertz CT molecular complexity index is 542. The van der Waals surface area contributed by atoms with Crippen molar-refractivity contribution in [2.75, 3.05) is 13.1 Å². The zero-order chi connectivity index (χ0) is 15.2. The number of carbonyl (C=O) groups is 3. The SMILES string of the molecule is O=C1CCC(CNC(=O)NCCn2cnc(C(=O)O)c2)N1. The average molecular weight is 295 g/mol. The van der Waals surface area contributed by atoms with Crippen molar-refractivity contribution in [2.24, 2.45) is 0 Å². The summed E-state index contributed by atoms with van der Waals surface area (Å²) in [5, 5.41) is 16.8. The molecule has 9 heteroatoms. The third kappa shape index (κ3) is 4.48. The van der Waals surface area contributed by atoms with E-state index >= 15 is 0 Å². The van der Waals surface area contributed by atoms with Gasteiger partial charge in [0.25, 0.3) is 0 Å². The summed E-state index contributed by atoms with van der Waals surface area (Å²) in [6.07, 6.45) is 4.03. The van der Waals surface area contributed by atoms with Gasteiger partial charge in [-0.25, -0.2) is 14.6 Å². The molecule has 2 rings (SSSR count). The molecule has 1 fully saturated rings. The van der Waals surface area contributed by atoms with Crippen molar-refractivity contribution in [1.29, 1.82) is 0 Å². The molecule has 0 saturated carbocycles. The van der Waals surface area contributed by atoms with E-state index in [2.05, 4.69) is 20.9 Å². The van der Waals surface area contributed by atoms with Crippen LogP contribution in [-0.4, -0.2) is 51.7 Å². The second-order valence-electron chi connectivity index (χ2n) is 4.74. The molecule has 1 atom stereocenters. The highest BCUT2D eigenvalue weighted by atomic mass is 16.4. The fourth-order valence-electron chi connectivity index (χ4n) is 2.00. The van der Waals surface area contributed by atoms with Crippen LogP contribution in [0, 0.1) is 0 Å². The standard InChI is InChI=1S/C12H17N5O4/c18-10-2-1-8(16-10)5-14-12(21)13-3-4-17-6-9(11(19)20)15-7-17/h6-8H,1-5H2,(H,16,18)(H,19,20)(H2,13,14,21). The van der Waals surface area contributed by atoms with Gasteiger partial charge in [-0.05, 0) is 6.42 Å². The Balaban J connectivity index is 1.62. The van der Waals surface area contributed by atoms with Crippen LogP contribution in [0.25, 0.3) is 0 Å². The van der Waals surface area contributed by atoms with Crippen LogP contribution in [0.1, 0.15) is 23.3 Å². The summed E-state index contributed by atoms with van der Waals surface area (Å²) < 4.78 is 1.58. The number of hydrogen-bond donors (Lipinski definition) is 4. The minimum atomic E-state index is -1.09. The lowest BCUT2D eigenvalue weighted by Crippen LogP contribution is -2.43. The molecular formula is C12H17N5O4. The zero-order valence-corrected chi connectivity index (χ0v) is 11.3. The van der Waals surface area contributed by atoms with E-state index in [4.69, 9.17) is 5.11 Å². The lowest BCUT2D eigenvalue weighted by molar-refractivity contribution is -0.119. The fourth-order valence-corrected chi connectivity index (χ4v) is 2.00. The van der Waals surface area contributed by atoms with Crippen LogP contribution in [0.4, 0.5) is 4.79 Å². The summed E-state index contributed by atoms with van der Waals surface area (Å²) in [6, 6.07) is -0.329. The van der Waals surface area contributed by atoms with E-state index in [1.165, 1.54) is 12.5 Å². The molecule has 1 aliphatic heterocycles. The summed E-state index contributed by atoms with van der Waals surface area (Å²) in [5.74, 6) is -1.07. The number of hydrogen-bond acceptors (Lipinski definition) is 4. The highest BCUT2D eigenvalue weighted by Gasteiger charge is 2.20. The predicted octanol–water partition coefficient (Wildman–Crippen LogP) is -0.841. The molecule has 0 bridgehead atoms. The van der Waals surface area contributed by atoms with E-state index in [-0.39, 0.29) is 23.7 Å². The van der Waals surface area contributed by atoms with Gasteiger partial charge in [0.05, 0.1) is 6.33 Å². The van der Waals surface area contributed by atoms with Crippen LogP contribution in [-0.2, 0) is 11.3 Å². The maximum Gasteiger partial charge on any atom is 0.356 e. The third-order valence-electron chi connectivity index (χ3n) is 3.10. The van der Waals surface area contributed by atoms with Gasteiger partial charge in [-0.1, -0.05) is 0 Å². The molecule has 4 N–H and O–H groups in total. The Morgan fingerprint density at radius 3 is 2.90 bits per heavy atom. The number of amides is 3. The van der Waals surface area contributed by atoms with Crippen LogP contribution in [0.3, 0.4) is 0 Å². The van der Waals surface area contributed by atoms with E-state index < -0.39 is 5.97 Å². The van der Waals surface area contributed by atoms with Crippen molar-refractivity contribution in [3.63, 3.8) is 0 Å². The number of nitrogens with one attached hydrogen (secondary N) is 3. The number of carboxylic acid groups (broad SMARTS) is 1. The number of imidazole rings is 1. The summed E-state index contributed by atoms with van der Waals surface area (Å²) in [5.41, 5.74) is -0.0311. The lowest BCUT2D eigenvalue weighted by atomic mass is 10.2. The van der Waals surface area contributed by atoms with Gasteiger partial charge in [0.1, 0.15) is 0 Å². The normalized spacial score (nSPS) is 17.3. The van der Waals surface area contributed by atoms with E-state index in [0.29, 0.717) is 26.1 Å². The van der Waals surface area contributed by atoms with E-state index in [1.54, 1.807) is 4.57 Å². The fraction of sp³-hybridized carbons (Fsp3) is 0.500. The second kappa shape index (κ2) is 6.73. The molecule has 2 heterocycles. The number of urea groups is 1. The number of aromatic carboxylic acids is 1. The van der Waals surface area contributed by atoms with Crippen LogP contribution < -0.4 is 16.0 Å². The van der Waals surface area contributed by atoms with Gasteiger partial charge in [-0.15, -0.1) is 0 Å².